The van der Waals surface area contributed by atoms with Crippen LogP contribution in [0.5, 0.6) is 17.2 Å². The highest BCUT2D eigenvalue weighted by Gasteiger charge is 2.15. The van der Waals surface area contributed by atoms with Crippen molar-refractivity contribution in [3.63, 3.8) is 0 Å². The van der Waals surface area contributed by atoms with Gasteiger partial charge < -0.3 is 19.1 Å². The minimum atomic E-state index is 0.699. The van der Waals surface area contributed by atoms with E-state index in [4.69, 9.17) is 14.2 Å². The van der Waals surface area contributed by atoms with Crippen molar-refractivity contribution in [2.75, 3.05) is 24.7 Å². The largest absolute Gasteiger partial charge is 0.494 e. The zero-order valence-corrected chi connectivity index (χ0v) is 18.8. The van der Waals surface area contributed by atoms with Crippen LogP contribution in [0.1, 0.15) is 40.0 Å². The van der Waals surface area contributed by atoms with Gasteiger partial charge in [0.15, 0.2) is 0 Å². The van der Waals surface area contributed by atoms with Gasteiger partial charge in [0.25, 0.3) is 0 Å². The van der Waals surface area contributed by atoms with E-state index in [0.717, 1.165) is 53.6 Å². The van der Waals surface area contributed by atoms with Gasteiger partial charge in [-0.3, -0.25) is 0 Å². The van der Waals surface area contributed by atoms with Crippen LogP contribution in [-0.4, -0.2) is 19.8 Å². The number of rotatable bonds is 12. The maximum absolute atomic E-state index is 5.90. The number of anilines is 3. The lowest BCUT2D eigenvalue weighted by atomic mass is 10.1. The van der Waals surface area contributed by atoms with E-state index in [0.29, 0.717) is 19.8 Å². The van der Waals surface area contributed by atoms with Gasteiger partial charge in [0.1, 0.15) is 17.2 Å². The van der Waals surface area contributed by atoms with E-state index in [1.54, 1.807) is 0 Å². The van der Waals surface area contributed by atoms with E-state index in [-0.39, 0.29) is 0 Å². The number of hydrogen-bond donors (Lipinski definition) is 0. The summed E-state index contributed by atoms with van der Waals surface area (Å²) in [5.41, 5.74) is 3.07. The van der Waals surface area contributed by atoms with Crippen LogP contribution in [0.4, 0.5) is 17.1 Å². The topological polar surface area (TPSA) is 30.9 Å². The summed E-state index contributed by atoms with van der Waals surface area (Å²) in [5.74, 6) is 2.59. The van der Waals surface area contributed by atoms with Crippen molar-refractivity contribution >= 4 is 17.1 Å². The molecule has 0 heterocycles. The average Bonchev–Trinajstić information content (AvgIpc) is 2.81. The van der Waals surface area contributed by atoms with E-state index in [9.17, 15) is 0 Å². The molecule has 0 saturated heterocycles. The molecule has 3 aromatic rings. The van der Waals surface area contributed by atoms with E-state index in [2.05, 4.69) is 62.1 Å². The number of nitrogens with zero attached hydrogens (tertiary/aromatic N) is 1. The van der Waals surface area contributed by atoms with Gasteiger partial charge in [0.05, 0.1) is 19.8 Å². The second kappa shape index (κ2) is 11.9. The van der Waals surface area contributed by atoms with E-state index < -0.39 is 0 Å². The molecule has 4 heteroatoms. The Hall–Kier alpha value is -3.14. The molecule has 0 unspecified atom stereocenters. The van der Waals surface area contributed by atoms with Crippen molar-refractivity contribution in [2.24, 2.45) is 0 Å². The Kier molecular flexibility index (Phi) is 8.65. The standard InChI is InChI=1S/C27H33NO3/c1-4-16-29-25-13-7-10-22(19-25)28(23-11-8-14-26(20-23)30-17-5-2)24-12-9-15-27(21-24)31-18-6-3/h7-15,19-21H,4-6,16-18H2,1-3H3. The monoisotopic (exact) mass is 419 g/mol. The summed E-state index contributed by atoms with van der Waals surface area (Å²) in [5, 5.41) is 0. The summed E-state index contributed by atoms with van der Waals surface area (Å²) in [7, 11) is 0. The Morgan fingerprint density at radius 1 is 0.516 bits per heavy atom. The van der Waals surface area contributed by atoms with Crippen LogP contribution in [0.2, 0.25) is 0 Å². The van der Waals surface area contributed by atoms with Crippen molar-refractivity contribution in [2.45, 2.75) is 40.0 Å². The lowest BCUT2D eigenvalue weighted by Gasteiger charge is -2.26. The smallest absolute Gasteiger partial charge is 0.121 e. The molecule has 164 valence electrons. The van der Waals surface area contributed by atoms with Gasteiger partial charge in [-0.25, -0.2) is 0 Å². The molecule has 0 aliphatic rings. The van der Waals surface area contributed by atoms with E-state index >= 15 is 0 Å². The Labute approximate surface area is 186 Å². The van der Waals surface area contributed by atoms with Gasteiger partial charge in [0.2, 0.25) is 0 Å². The summed E-state index contributed by atoms with van der Waals surface area (Å²) in [6.07, 6.45) is 2.92. The van der Waals surface area contributed by atoms with Gasteiger partial charge >= 0.3 is 0 Å². The molecule has 0 aromatic heterocycles. The fourth-order valence-electron chi connectivity index (χ4n) is 3.24. The van der Waals surface area contributed by atoms with Crippen LogP contribution in [-0.2, 0) is 0 Å². The molecule has 4 nitrogen and oxygen atoms in total. The molecule has 0 N–H and O–H groups in total. The third kappa shape index (κ3) is 6.42. The lowest BCUT2D eigenvalue weighted by molar-refractivity contribution is 0.317. The molecule has 0 amide bonds. The normalized spacial score (nSPS) is 10.5. The Morgan fingerprint density at radius 3 is 1.13 bits per heavy atom. The molecule has 0 aliphatic heterocycles. The maximum Gasteiger partial charge on any atom is 0.121 e. The van der Waals surface area contributed by atoms with Crippen molar-refractivity contribution in [3.05, 3.63) is 72.8 Å². The fraction of sp³-hybridized carbons (Fsp3) is 0.333. The number of ether oxygens (including phenoxy) is 3. The van der Waals surface area contributed by atoms with Crippen LogP contribution >= 0.6 is 0 Å². The van der Waals surface area contributed by atoms with Crippen LogP contribution in [0.15, 0.2) is 72.8 Å². The molecular formula is C27H33NO3. The van der Waals surface area contributed by atoms with Gasteiger partial charge in [0, 0.05) is 35.3 Å². The zero-order chi connectivity index (χ0) is 21.9. The first kappa shape index (κ1) is 22.5. The number of hydrogen-bond acceptors (Lipinski definition) is 4. The zero-order valence-electron chi connectivity index (χ0n) is 18.8. The van der Waals surface area contributed by atoms with Gasteiger partial charge in [-0.05, 0) is 55.7 Å². The quantitative estimate of drug-likeness (QED) is 0.304. The fourth-order valence-corrected chi connectivity index (χ4v) is 3.24. The molecule has 3 rings (SSSR count). The van der Waals surface area contributed by atoms with Gasteiger partial charge in [-0.1, -0.05) is 39.0 Å². The Balaban J connectivity index is 2.03. The summed E-state index contributed by atoms with van der Waals surface area (Å²) in [6.45, 7) is 8.43. The Morgan fingerprint density at radius 2 is 0.839 bits per heavy atom. The highest BCUT2D eigenvalue weighted by molar-refractivity contribution is 5.78. The minimum Gasteiger partial charge on any atom is -0.494 e. The highest BCUT2D eigenvalue weighted by atomic mass is 16.5. The molecule has 3 aromatic carbocycles. The van der Waals surface area contributed by atoms with Crippen LogP contribution in [0.25, 0.3) is 0 Å². The van der Waals surface area contributed by atoms with Crippen molar-refractivity contribution in [1.82, 2.24) is 0 Å². The predicted molar refractivity (Wildman–Crippen MR) is 128 cm³/mol. The first-order valence-corrected chi connectivity index (χ1v) is 11.2. The van der Waals surface area contributed by atoms with Crippen LogP contribution in [0, 0.1) is 0 Å². The van der Waals surface area contributed by atoms with Gasteiger partial charge in [-0.2, -0.15) is 0 Å². The summed E-state index contributed by atoms with van der Waals surface area (Å²) < 4.78 is 17.7. The van der Waals surface area contributed by atoms with E-state index in [1.165, 1.54) is 0 Å². The molecule has 31 heavy (non-hydrogen) atoms. The molecule has 0 bridgehead atoms. The molecule has 0 radical (unpaired) electrons. The van der Waals surface area contributed by atoms with Crippen LogP contribution < -0.4 is 19.1 Å². The number of benzene rings is 3. The first-order valence-electron chi connectivity index (χ1n) is 11.2. The molecule has 0 atom stereocenters. The molecular weight excluding hydrogens is 386 g/mol. The third-order valence-corrected chi connectivity index (χ3v) is 4.65. The maximum atomic E-state index is 5.90. The predicted octanol–water partition coefficient (Wildman–Crippen LogP) is 7.52. The Bertz CT molecular complexity index is 819. The summed E-state index contributed by atoms with van der Waals surface area (Å²) in [4.78, 5) is 2.20. The molecule has 0 fully saturated rings. The minimum absolute atomic E-state index is 0.699. The summed E-state index contributed by atoms with van der Waals surface area (Å²) in [6, 6.07) is 24.6. The molecule has 0 saturated carbocycles. The van der Waals surface area contributed by atoms with Crippen LogP contribution in [0.3, 0.4) is 0 Å². The second-order valence-electron chi connectivity index (χ2n) is 7.37. The average molecular weight is 420 g/mol. The summed E-state index contributed by atoms with van der Waals surface area (Å²) >= 11 is 0. The lowest BCUT2D eigenvalue weighted by Crippen LogP contribution is -2.11. The van der Waals surface area contributed by atoms with Crippen molar-refractivity contribution < 1.29 is 14.2 Å². The van der Waals surface area contributed by atoms with Crippen molar-refractivity contribution in [3.8, 4) is 17.2 Å². The third-order valence-electron chi connectivity index (χ3n) is 4.65. The first-order chi connectivity index (χ1) is 15.2. The highest BCUT2D eigenvalue weighted by Crippen LogP contribution is 2.38. The van der Waals surface area contributed by atoms with E-state index in [1.807, 2.05) is 36.4 Å². The SMILES string of the molecule is CCCOc1cccc(N(c2cccc(OCCC)c2)c2cccc(OCCC)c2)c1. The molecule has 0 spiro atoms. The van der Waals surface area contributed by atoms with Crippen molar-refractivity contribution in [1.29, 1.82) is 0 Å². The van der Waals surface area contributed by atoms with Gasteiger partial charge in [-0.15, -0.1) is 0 Å². The molecule has 0 aliphatic carbocycles. The second-order valence-corrected chi connectivity index (χ2v) is 7.37.